The maximum atomic E-state index is 10.5. The number of nitrogens with zero attached hydrogens (tertiary/aromatic N) is 2. The monoisotopic (exact) mass is 212 g/mol. The summed E-state index contributed by atoms with van der Waals surface area (Å²) in [6, 6.07) is 0. The largest absolute Gasteiger partial charge is 0.474 e. The summed E-state index contributed by atoms with van der Waals surface area (Å²) in [6.45, 7) is 4.15. The van der Waals surface area contributed by atoms with Crippen molar-refractivity contribution in [2.45, 2.75) is 45.4 Å². The van der Waals surface area contributed by atoms with Crippen molar-refractivity contribution in [3.8, 4) is 0 Å². The van der Waals surface area contributed by atoms with E-state index >= 15 is 0 Å². The Bertz CT molecular complexity index is 322. The zero-order valence-electron chi connectivity index (χ0n) is 9.06. The molecule has 5 heteroatoms. The topological polar surface area (TPSA) is 76.2 Å². The van der Waals surface area contributed by atoms with E-state index in [4.69, 9.17) is 9.52 Å². The lowest BCUT2D eigenvalue weighted by Gasteiger charge is -2.08. The van der Waals surface area contributed by atoms with Crippen LogP contribution < -0.4 is 0 Å². The molecule has 0 aromatic carbocycles. The Balaban J connectivity index is 2.69. The summed E-state index contributed by atoms with van der Waals surface area (Å²) in [5.74, 6) is -0.854. The molecule has 84 valence electrons. The van der Waals surface area contributed by atoms with Gasteiger partial charge in [0.1, 0.15) is 0 Å². The third-order valence-electron chi connectivity index (χ3n) is 2.37. The Hall–Kier alpha value is -1.39. The average molecular weight is 212 g/mol. The molecule has 1 atom stereocenters. The van der Waals surface area contributed by atoms with Crippen molar-refractivity contribution < 1.29 is 14.3 Å². The molecule has 0 saturated carbocycles. The highest BCUT2D eigenvalue weighted by Crippen LogP contribution is 2.24. The summed E-state index contributed by atoms with van der Waals surface area (Å²) in [4.78, 5) is 10.5. The first kappa shape index (κ1) is 11.7. The van der Waals surface area contributed by atoms with Crippen LogP contribution in [0.25, 0.3) is 0 Å². The first-order valence-electron chi connectivity index (χ1n) is 5.25. The van der Waals surface area contributed by atoms with Crippen LogP contribution in [0.2, 0.25) is 0 Å². The van der Waals surface area contributed by atoms with Crippen LogP contribution in [0.1, 0.15) is 62.0 Å². The quantitative estimate of drug-likeness (QED) is 0.783. The third-order valence-corrected chi connectivity index (χ3v) is 2.37. The molecule has 0 amide bonds. The van der Waals surface area contributed by atoms with Gasteiger partial charge < -0.3 is 9.52 Å². The predicted molar refractivity (Wildman–Crippen MR) is 53.8 cm³/mol. The Kier molecular flexibility index (Phi) is 4.27. The SMILES string of the molecule is CCCCC(CC)c1nnc(C(=O)O)o1. The van der Waals surface area contributed by atoms with Gasteiger partial charge in [0.2, 0.25) is 5.89 Å². The van der Waals surface area contributed by atoms with E-state index in [-0.39, 0.29) is 11.8 Å². The molecule has 1 heterocycles. The second-order valence-electron chi connectivity index (χ2n) is 3.50. The van der Waals surface area contributed by atoms with Crippen LogP contribution >= 0.6 is 0 Å². The molecular formula is C10H16N2O3. The number of carboxylic acids is 1. The Labute approximate surface area is 88.5 Å². The van der Waals surface area contributed by atoms with E-state index < -0.39 is 5.97 Å². The predicted octanol–water partition coefficient (Wildman–Crippen LogP) is 2.45. The van der Waals surface area contributed by atoms with Crippen LogP contribution in [0.5, 0.6) is 0 Å². The number of carboxylic acid groups (broad SMARTS) is 1. The van der Waals surface area contributed by atoms with Crippen molar-refractivity contribution in [2.75, 3.05) is 0 Å². The molecule has 0 bridgehead atoms. The minimum atomic E-state index is -1.17. The summed E-state index contributed by atoms with van der Waals surface area (Å²) < 4.78 is 5.07. The molecule has 15 heavy (non-hydrogen) atoms. The van der Waals surface area contributed by atoms with Crippen molar-refractivity contribution in [3.63, 3.8) is 0 Å². The van der Waals surface area contributed by atoms with Crippen LogP contribution in [-0.2, 0) is 0 Å². The van der Waals surface area contributed by atoms with E-state index in [2.05, 4.69) is 17.1 Å². The number of aromatic carboxylic acids is 1. The second-order valence-corrected chi connectivity index (χ2v) is 3.50. The molecule has 0 fully saturated rings. The molecule has 0 aliphatic rings. The minimum absolute atomic E-state index is 0.186. The first-order chi connectivity index (χ1) is 7.19. The van der Waals surface area contributed by atoms with Crippen LogP contribution in [0, 0.1) is 0 Å². The number of unbranched alkanes of at least 4 members (excludes halogenated alkanes) is 1. The van der Waals surface area contributed by atoms with Crippen LogP contribution in [0.4, 0.5) is 0 Å². The molecule has 5 nitrogen and oxygen atoms in total. The maximum absolute atomic E-state index is 10.5. The first-order valence-corrected chi connectivity index (χ1v) is 5.25. The van der Waals surface area contributed by atoms with E-state index in [9.17, 15) is 4.79 Å². The Morgan fingerprint density at radius 1 is 1.47 bits per heavy atom. The van der Waals surface area contributed by atoms with Crippen LogP contribution in [-0.4, -0.2) is 21.3 Å². The molecule has 1 aromatic heterocycles. The van der Waals surface area contributed by atoms with E-state index in [1.54, 1.807) is 0 Å². The Morgan fingerprint density at radius 2 is 2.20 bits per heavy atom. The molecule has 1 rings (SSSR count). The lowest BCUT2D eigenvalue weighted by atomic mass is 10.00. The molecule has 0 saturated heterocycles. The number of aromatic nitrogens is 2. The number of rotatable bonds is 6. The van der Waals surface area contributed by atoms with Crippen molar-refractivity contribution in [1.82, 2.24) is 10.2 Å². The standard InChI is InChI=1S/C10H16N2O3/c1-3-5-6-7(4-2)8-11-12-9(15-8)10(13)14/h7H,3-6H2,1-2H3,(H,13,14). The van der Waals surface area contributed by atoms with Crippen molar-refractivity contribution >= 4 is 5.97 Å². The minimum Gasteiger partial charge on any atom is -0.474 e. The van der Waals surface area contributed by atoms with E-state index in [0.29, 0.717) is 5.89 Å². The number of hydrogen-bond donors (Lipinski definition) is 1. The second kappa shape index (κ2) is 5.48. The van der Waals surface area contributed by atoms with E-state index in [0.717, 1.165) is 25.7 Å². The lowest BCUT2D eigenvalue weighted by Crippen LogP contribution is -1.98. The van der Waals surface area contributed by atoms with Crippen LogP contribution in [0.3, 0.4) is 0 Å². The fraction of sp³-hybridized carbons (Fsp3) is 0.700. The molecule has 1 aromatic rings. The smallest absolute Gasteiger partial charge is 0.393 e. The van der Waals surface area contributed by atoms with Gasteiger partial charge in [0.25, 0.3) is 0 Å². The average Bonchev–Trinajstić information content (AvgIpc) is 2.68. The summed E-state index contributed by atoms with van der Waals surface area (Å²) in [5.41, 5.74) is 0. The fourth-order valence-electron chi connectivity index (χ4n) is 1.44. The zero-order chi connectivity index (χ0) is 11.3. The highest BCUT2D eigenvalue weighted by molar-refractivity contribution is 5.81. The van der Waals surface area contributed by atoms with Gasteiger partial charge in [-0.3, -0.25) is 0 Å². The molecule has 0 spiro atoms. The number of hydrogen-bond acceptors (Lipinski definition) is 4. The summed E-state index contributed by atoms with van der Waals surface area (Å²) in [7, 11) is 0. The van der Waals surface area contributed by atoms with Gasteiger partial charge in [-0.15, -0.1) is 10.2 Å². The molecule has 0 radical (unpaired) electrons. The Morgan fingerprint density at radius 3 is 2.67 bits per heavy atom. The van der Waals surface area contributed by atoms with Gasteiger partial charge in [-0.2, -0.15) is 0 Å². The summed E-state index contributed by atoms with van der Waals surface area (Å²) >= 11 is 0. The third kappa shape index (κ3) is 3.04. The summed E-state index contributed by atoms with van der Waals surface area (Å²) in [5, 5.41) is 15.9. The van der Waals surface area contributed by atoms with Crippen LogP contribution in [0.15, 0.2) is 4.42 Å². The normalized spacial score (nSPS) is 12.7. The molecule has 0 aliphatic carbocycles. The van der Waals surface area contributed by atoms with Gasteiger partial charge >= 0.3 is 11.9 Å². The molecular weight excluding hydrogens is 196 g/mol. The van der Waals surface area contributed by atoms with E-state index in [1.165, 1.54) is 0 Å². The fourth-order valence-corrected chi connectivity index (χ4v) is 1.44. The zero-order valence-corrected chi connectivity index (χ0v) is 9.06. The highest BCUT2D eigenvalue weighted by atomic mass is 16.4. The summed E-state index contributed by atoms with van der Waals surface area (Å²) in [6.07, 6.45) is 4.05. The van der Waals surface area contributed by atoms with Gasteiger partial charge in [-0.1, -0.05) is 26.7 Å². The van der Waals surface area contributed by atoms with Gasteiger partial charge in [0.05, 0.1) is 0 Å². The highest BCUT2D eigenvalue weighted by Gasteiger charge is 2.19. The van der Waals surface area contributed by atoms with Gasteiger partial charge in [-0.25, -0.2) is 4.79 Å². The van der Waals surface area contributed by atoms with Gasteiger partial charge in [0, 0.05) is 5.92 Å². The van der Waals surface area contributed by atoms with Crippen molar-refractivity contribution in [1.29, 1.82) is 0 Å². The lowest BCUT2D eigenvalue weighted by molar-refractivity contribution is 0.0650. The molecule has 1 unspecified atom stereocenters. The van der Waals surface area contributed by atoms with Gasteiger partial charge in [-0.05, 0) is 12.8 Å². The van der Waals surface area contributed by atoms with E-state index in [1.807, 2.05) is 6.92 Å². The number of carbonyl (C=O) groups is 1. The maximum Gasteiger partial charge on any atom is 0.393 e. The molecule has 1 N–H and O–H groups in total. The molecule has 0 aliphatic heterocycles. The van der Waals surface area contributed by atoms with Crippen molar-refractivity contribution in [2.24, 2.45) is 0 Å². The van der Waals surface area contributed by atoms with Gasteiger partial charge in [0.15, 0.2) is 0 Å². The van der Waals surface area contributed by atoms with Crippen molar-refractivity contribution in [3.05, 3.63) is 11.8 Å².